The van der Waals surface area contributed by atoms with Crippen LogP contribution in [0.3, 0.4) is 0 Å². The van der Waals surface area contributed by atoms with E-state index in [9.17, 15) is 9.59 Å². The van der Waals surface area contributed by atoms with E-state index in [-0.39, 0.29) is 11.7 Å². The molecule has 2 aromatic heterocycles. The molecule has 3 N–H and O–H groups in total. The third-order valence-electron chi connectivity index (χ3n) is 4.44. The Balaban J connectivity index is 1.54. The number of hydrogen-bond acceptors (Lipinski definition) is 6. The second kappa shape index (κ2) is 9.75. The van der Waals surface area contributed by atoms with Gasteiger partial charge in [0.1, 0.15) is 0 Å². The second-order valence-corrected chi connectivity index (χ2v) is 8.49. The summed E-state index contributed by atoms with van der Waals surface area (Å²) >= 11 is 4.72. The summed E-state index contributed by atoms with van der Waals surface area (Å²) in [4.78, 5) is 27.7. The molecule has 0 aliphatic rings. The predicted octanol–water partition coefficient (Wildman–Crippen LogP) is 3.92. The van der Waals surface area contributed by atoms with E-state index in [2.05, 4.69) is 36.4 Å². The van der Waals surface area contributed by atoms with Crippen LogP contribution in [0, 0.1) is 0 Å². The summed E-state index contributed by atoms with van der Waals surface area (Å²) in [6.07, 6.45) is 3.39. The number of thioether (sulfide) groups is 1. The van der Waals surface area contributed by atoms with Gasteiger partial charge in [-0.1, -0.05) is 27.7 Å². The molecule has 0 saturated heterocycles. The Morgan fingerprint density at radius 3 is 2.31 bits per heavy atom. The molecule has 0 aliphatic carbocycles. The number of nitrogens with two attached hydrogens (primary N) is 1. The molecule has 4 aromatic rings. The molecule has 0 saturated carbocycles. The lowest BCUT2D eigenvalue weighted by Gasteiger charge is -2.11. The van der Waals surface area contributed by atoms with Crippen molar-refractivity contribution in [2.24, 2.45) is 5.73 Å². The number of halogens is 1. The molecule has 0 fully saturated rings. The van der Waals surface area contributed by atoms with Gasteiger partial charge in [0.05, 0.1) is 5.75 Å². The van der Waals surface area contributed by atoms with Gasteiger partial charge < -0.3 is 11.1 Å². The molecule has 8 nitrogen and oxygen atoms in total. The number of pyridine rings is 1. The molecule has 10 heteroatoms. The van der Waals surface area contributed by atoms with Crippen molar-refractivity contribution in [1.29, 1.82) is 0 Å². The summed E-state index contributed by atoms with van der Waals surface area (Å²) in [5.41, 5.74) is 7.93. The minimum atomic E-state index is -0.518. The Morgan fingerprint density at radius 2 is 1.66 bits per heavy atom. The van der Waals surface area contributed by atoms with Gasteiger partial charge in [-0.05, 0) is 60.7 Å². The van der Waals surface area contributed by atoms with E-state index < -0.39 is 5.91 Å². The first-order valence-corrected chi connectivity index (χ1v) is 11.2. The maximum absolute atomic E-state index is 12.5. The summed E-state index contributed by atoms with van der Waals surface area (Å²) in [5, 5.41) is 12.0. The van der Waals surface area contributed by atoms with E-state index in [1.807, 2.05) is 41.0 Å². The van der Waals surface area contributed by atoms with Gasteiger partial charge in [-0.3, -0.25) is 19.1 Å². The fourth-order valence-electron chi connectivity index (χ4n) is 2.92. The normalized spacial score (nSPS) is 10.7. The molecule has 0 aliphatic heterocycles. The average Bonchev–Trinajstić information content (AvgIpc) is 3.23. The van der Waals surface area contributed by atoms with Crippen LogP contribution in [-0.2, 0) is 4.79 Å². The maximum atomic E-state index is 12.5. The van der Waals surface area contributed by atoms with Gasteiger partial charge in [0.15, 0.2) is 11.0 Å². The van der Waals surface area contributed by atoms with Crippen LogP contribution in [0.15, 0.2) is 82.7 Å². The van der Waals surface area contributed by atoms with Gasteiger partial charge >= 0.3 is 0 Å². The lowest BCUT2D eigenvalue weighted by Crippen LogP contribution is -2.15. The monoisotopic (exact) mass is 508 g/mol. The number of aromatic nitrogens is 4. The minimum absolute atomic E-state index is 0.128. The molecule has 32 heavy (non-hydrogen) atoms. The largest absolute Gasteiger partial charge is 0.366 e. The quantitative estimate of drug-likeness (QED) is 0.365. The van der Waals surface area contributed by atoms with Crippen LogP contribution in [0.1, 0.15) is 10.4 Å². The number of amides is 2. The first-order chi connectivity index (χ1) is 15.5. The van der Waals surface area contributed by atoms with Crippen LogP contribution in [-0.4, -0.2) is 37.3 Å². The van der Waals surface area contributed by atoms with Gasteiger partial charge in [-0.15, -0.1) is 10.2 Å². The topological polar surface area (TPSA) is 116 Å². The number of nitrogens with zero attached hydrogens (tertiary/aromatic N) is 4. The molecule has 2 heterocycles. The van der Waals surface area contributed by atoms with Crippen molar-refractivity contribution in [3.8, 4) is 17.1 Å². The fourth-order valence-corrected chi connectivity index (χ4v) is 3.94. The summed E-state index contributed by atoms with van der Waals surface area (Å²) < 4.78 is 2.86. The van der Waals surface area contributed by atoms with E-state index in [4.69, 9.17) is 5.73 Å². The van der Waals surface area contributed by atoms with Crippen molar-refractivity contribution in [3.05, 3.63) is 83.1 Å². The van der Waals surface area contributed by atoms with Crippen LogP contribution in [0.4, 0.5) is 5.69 Å². The van der Waals surface area contributed by atoms with Gasteiger partial charge in [0.2, 0.25) is 11.8 Å². The molecular formula is C22H17BrN6O2S. The number of nitrogens with one attached hydrogen (secondary N) is 1. The number of carbonyl (C=O) groups excluding carboxylic acids is 2. The fraction of sp³-hybridized carbons (Fsp3) is 0.0455. The summed E-state index contributed by atoms with van der Waals surface area (Å²) in [5.74, 6) is 0.0517. The predicted molar refractivity (Wildman–Crippen MR) is 127 cm³/mol. The molecule has 0 unspecified atom stereocenters. The number of rotatable bonds is 7. The number of benzene rings is 2. The Bertz CT molecular complexity index is 1240. The van der Waals surface area contributed by atoms with E-state index >= 15 is 0 Å². The molecule has 2 aromatic carbocycles. The van der Waals surface area contributed by atoms with Crippen molar-refractivity contribution in [2.45, 2.75) is 5.16 Å². The highest BCUT2D eigenvalue weighted by Gasteiger charge is 2.17. The third kappa shape index (κ3) is 5.04. The Kier molecular flexibility index (Phi) is 6.62. The van der Waals surface area contributed by atoms with Crippen LogP contribution in [0.25, 0.3) is 17.1 Å². The Labute approximate surface area is 196 Å². The lowest BCUT2D eigenvalue weighted by molar-refractivity contribution is -0.113. The number of carbonyl (C=O) groups is 2. The van der Waals surface area contributed by atoms with Crippen molar-refractivity contribution >= 4 is 45.2 Å². The molecule has 0 radical (unpaired) electrons. The minimum Gasteiger partial charge on any atom is -0.366 e. The van der Waals surface area contributed by atoms with Gasteiger partial charge in [-0.2, -0.15) is 0 Å². The Morgan fingerprint density at radius 1 is 0.969 bits per heavy atom. The van der Waals surface area contributed by atoms with E-state index in [0.717, 1.165) is 15.7 Å². The molecule has 0 spiro atoms. The Hall–Kier alpha value is -3.50. The van der Waals surface area contributed by atoms with E-state index in [1.54, 1.807) is 36.7 Å². The first kappa shape index (κ1) is 21.7. The second-order valence-electron chi connectivity index (χ2n) is 6.63. The third-order valence-corrected chi connectivity index (χ3v) is 5.90. The van der Waals surface area contributed by atoms with Crippen LogP contribution in [0.5, 0.6) is 0 Å². The SMILES string of the molecule is NC(=O)c1ccc(NC(=O)CSc2nnc(-c3ccncc3)n2-c2ccc(Br)cc2)cc1. The highest BCUT2D eigenvalue weighted by atomic mass is 79.9. The number of primary amides is 1. The van der Waals surface area contributed by atoms with Gasteiger partial charge in [-0.25, -0.2) is 0 Å². The highest BCUT2D eigenvalue weighted by Crippen LogP contribution is 2.28. The average molecular weight is 509 g/mol. The van der Waals surface area contributed by atoms with Crippen LogP contribution in [0.2, 0.25) is 0 Å². The zero-order chi connectivity index (χ0) is 22.5. The number of anilines is 1. The zero-order valence-electron chi connectivity index (χ0n) is 16.6. The van der Waals surface area contributed by atoms with Gasteiger partial charge in [0.25, 0.3) is 0 Å². The molecule has 0 bridgehead atoms. The summed E-state index contributed by atoms with van der Waals surface area (Å²) in [7, 11) is 0. The van der Waals surface area contributed by atoms with Crippen LogP contribution >= 0.6 is 27.7 Å². The standard InChI is InChI=1S/C22H17BrN6O2S/c23-16-3-7-18(8-4-16)29-21(15-9-11-25-12-10-15)27-28-22(29)32-13-19(30)26-17-5-1-14(2-6-17)20(24)31/h1-12H,13H2,(H2,24,31)(H,26,30). The van der Waals surface area contributed by atoms with Crippen molar-refractivity contribution < 1.29 is 9.59 Å². The maximum Gasteiger partial charge on any atom is 0.248 e. The zero-order valence-corrected chi connectivity index (χ0v) is 19.0. The molecule has 0 atom stereocenters. The smallest absolute Gasteiger partial charge is 0.248 e. The summed E-state index contributed by atoms with van der Waals surface area (Å²) in [6.45, 7) is 0. The highest BCUT2D eigenvalue weighted by molar-refractivity contribution is 9.10. The van der Waals surface area contributed by atoms with E-state index in [1.165, 1.54) is 11.8 Å². The van der Waals surface area contributed by atoms with Crippen LogP contribution < -0.4 is 11.1 Å². The van der Waals surface area contributed by atoms with Gasteiger partial charge in [0, 0.05) is 39.4 Å². The summed E-state index contributed by atoms with van der Waals surface area (Å²) in [6, 6.07) is 17.9. The van der Waals surface area contributed by atoms with Crippen molar-refractivity contribution in [2.75, 3.05) is 11.1 Å². The lowest BCUT2D eigenvalue weighted by atomic mass is 10.2. The van der Waals surface area contributed by atoms with Crippen molar-refractivity contribution in [3.63, 3.8) is 0 Å². The first-order valence-electron chi connectivity index (χ1n) is 9.45. The van der Waals surface area contributed by atoms with E-state index in [0.29, 0.717) is 22.2 Å². The molecule has 4 rings (SSSR count). The molecular weight excluding hydrogens is 492 g/mol. The number of hydrogen-bond donors (Lipinski definition) is 2. The molecule has 160 valence electrons. The van der Waals surface area contributed by atoms with Crippen molar-refractivity contribution in [1.82, 2.24) is 19.7 Å². The molecule has 2 amide bonds.